The van der Waals surface area contributed by atoms with Crippen molar-refractivity contribution < 1.29 is 9.13 Å². The molecule has 1 heterocycles. The summed E-state index contributed by atoms with van der Waals surface area (Å²) in [7, 11) is 1.72. The van der Waals surface area contributed by atoms with E-state index in [2.05, 4.69) is 20.6 Å². The molecule has 2 aromatic carbocycles. The highest BCUT2D eigenvalue weighted by Gasteiger charge is 2.08. The first kappa shape index (κ1) is 21.6. The van der Waals surface area contributed by atoms with Crippen LogP contribution in [0.1, 0.15) is 11.1 Å². The number of aliphatic imine (C=N–C) groups is 1. The van der Waals surface area contributed by atoms with Gasteiger partial charge in [-0.2, -0.15) is 0 Å². The van der Waals surface area contributed by atoms with E-state index in [0.29, 0.717) is 30.7 Å². The van der Waals surface area contributed by atoms with Gasteiger partial charge < -0.3 is 15.4 Å². The van der Waals surface area contributed by atoms with Crippen LogP contribution in [0.3, 0.4) is 0 Å². The third-order valence-electron chi connectivity index (χ3n) is 3.83. The van der Waals surface area contributed by atoms with Crippen molar-refractivity contribution in [2.24, 2.45) is 4.99 Å². The van der Waals surface area contributed by atoms with Crippen molar-refractivity contribution in [1.82, 2.24) is 15.6 Å². The van der Waals surface area contributed by atoms with Crippen LogP contribution in [-0.4, -0.2) is 18.0 Å². The van der Waals surface area contributed by atoms with Gasteiger partial charge in [0.05, 0.1) is 0 Å². The molecule has 0 radical (unpaired) electrons. The summed E-state index contributed by atoms with van der Waals surface area (Å²) in [5.74, 6) is 1.14. The lowest BCUT2D eigenvalue weighted by atomic mass is 10.2. The molecule has 7 heteroatoms. The molecule has 3 rings (SSSR count). The number of hydrogen-bond acceptors (Lipinski definition) is 3. The predicted molar refractivity (Wildman–Crippen MR) is 120 cm³/mol. The first-order valence-electron chi connectivity index (χ1n) is 8.60. The molecule has 3 aromatic rings. The van der Waals surface area contributed by atoms with Crippen molar-refractivity contribution in [1.29, 1.82) is 0 Å². The van der Waals surface area contributed by atoms with Crippen molar-refractivity contribution in [2.75, 3.05) is 7.05 Å². The molecule has 2 N–H and O–H groups in total. The smallest absolute Gasteiger partial charge is 0.224 e. The highest BCUT2D eigenvalue weighted by molar-refractivity contribution is 14.0. The van der Waals surface area contributed by atoms with Crippen LogP contribution in [0, 0.1) is 5.82 Å². The highest BCUT2D eigenvalue weighted by Crippen LogP contribution is 2.23. The number of halogens is 2. The van der Waals surface area contributed by atoms with E-state index in [1.165, 1.54) is 12.1 Å². The van der Waals surface area contributed by atoms with Gasteiger partial charge in [0.25, 0.3) is 0 Å². The summed E-state index contributed by atoms with van der Waals surface area (Å²) in [5.41, 5.74) is 2.00. The van der Waals surface area contributed by atoms with Gasteiger partial charge in [-0.15, -0.1) is 24.0 Å². The number of nitrogens with zero attached hydrogens (tertiary/aromatic N) is 2. The average Bonchev–Trinajstić information content (AvgIpc) is 2.70. The van der Waals surface area contributed by atoms with Crippen LogP contribution in [0.5, 0.6) is 11.6 Å². The molecule has 0 amide bonds. The van der Waals surface area contributed by atoms with Gasteiger partial charge in [-0.25, -0.2) is 9.37 Å². The zero-order valence-corrected chi connectivity index (χ0v) is 17.8. The predicted octanol–water partition coefficient (Wildman–Crippen LogP) is 4.50. The summed E-state index contributed by atoms with van der Waals surface area (Å²) >= 11 is 0. The molecular weight excluding hydrogens is 470 g/mol. The summed E-state index contributed by atoms with van der Waals surface area (Å²) in [6, 6.07) is 19.8. The van der Waals surface area contributed by atoms with Crippen LogP contribution in [0.25, 0.3) is 0 Å². The summed E-state index contributed by atoms with van der Waals surface area (Å²) in [6.45, 7) is 1.13. The van der Waals surface area contributed by atoms with Crippen molar-refractivity contribution in [3.05, 3.63) is 89.9 Å². The van der Waals surface area contributed by atoms with E-state index >= 15 is 0 Å². The number of guanidine groups is 1. The Kier molecular flexibility index (Phi) is 8.67. The Morgan fingerprint density at radius 1 is 1.00 bits per heavy atom. The van der Waals surface area contributed by atoms with E-state index in [4.69, 9.17) is 4.74 Å². The molecule has 5 nitrogen and oxygen atoms in total. The maximum Gasteiger partial charge on any atom is 0.224 e. The summed E-state index contributed by atoms with van der Waals surface area (Å²) in [5, 5.41) is 6.50. The van der Waals surface area contributed by atoms with Gasteiger partial charge >= 0.3 is 0 Å². The molecule has 0 aliphatic rings. The number of ether oxygens (including phenoxy) is 1. The third-order valence-corrected chi connectivity index (χ3v) is 3.83. The highest BCUT2D eigenvalue weighted by atomic mass is 127. The third kappa shape index (κ3) is 6.49. The Morgan fingerprint density at radius 3 is 2.54 bits per heavy atom. The second-order valence-electron chi connectivity index (χ2n) is 5.79. The maximum absolute atomic E-state index is 13.4. The molecular formula is C21H22FIN4O. The first-order chi connectivity index (χ1) is 13.2. The minimum absolute atomic E-state index is 0. The van der Waals surface area contributed by atoms with Crippen molar-refractivity contribution in [3.63, 3.8) is 0 Å². The summed E-state index contributed by atoms with van der Waals surface area (Å²) in [4.78, 5) is 8.48. The van der Waals surface area contributed by atoms with Crippen LogP contribution in [0.4, 0.5) is 4.39 Å². The molecule has 0 saturated heterocycles. The Labute approximate surface area is 181 Å². The Morgan fingerprint density at radius 2 is 1.79 bits per heavy atom. The number of rotatable bonds is 6. The van der Waals surface area contributed by atoms with Gasteiger partial charge in [-0.05, 0) is 23.8 Å². The number of nitrogens with one attached hydrogen (secondary N) is 2. The topological polar surface area (TPSA) is 58.5 Å². The zero-order valence-electron chi connectivity index (χ0n) is 15.4. The molecule has 0 aliphatic carbocycles. The van der Waals surface area contributed by atoms with E-state index in [0.717, 1.165) is 11.1 Å². The van der Waals surface area contributed by atoms with Gasteiger partial charge in [-0.3, -0.25) is 4.99 Å². The number of benzene rings is 2. The van der Waals surface area contributed by atoms with Gasteiger partial charge in [0, 0.05) is 38.0 Å². The molecule has 1 aromatic heterocycles. The quantitative estimate of drug-likeness (QED) is 0.303. The number of hydrogen-bond donors (Lipinski definition) is 2. The molecule has 28 heavy (non-hydrogen) atoms. The maximum atomic E-state index is 13.4. The van der Waals surface area contributed by atoms with E-state index in [1.54, 1.807) is 25.4 Å². The largest absolute Gasteiger partial charge is 0.439 e. The number of pyridine rings is 1. The molecule has 0 bridgehead atoms. The standard InChI is InChI=1S/C21H21FN4O.HI/c1-23-21(25-14-16-7-3-2-4-8-16)26-15-17-9-6-12-24-20(17)27-19-11-5-10-18(22)13-19;/h2-13H,14-15H2,1H3,(H2,23,25,26);1H. The first-order valence-corrected chi connectivity index (χ1v) is 8.60. The fraction of sp³-hybridized carbons (Fsp3) is 0.143. The number of aromatic nitrogens is 1. The molecule has 0 atom stereocenters. The summed E-state index contributed by atoms with van der Waals surface area (Å²) in [6.07, 6.45) is 1.64. The van der Waals surface area contributed by atoms with Crippen LogP contribution in [0.15, 0.2) is 77.9 Å². The molecule has 0 fully saturated rings. The van der Waals surface area contributed by atoms with Gasteiger partial charge in [0.2, 0.25) is 5.88 Å². The fourth-order valence-electron chi connectivity index (χ4n) is 2.47. The van der Waals surface area contributed by atoms with Crippen molar-refractivity contribution >= 4 is 29.9 Å². The van der Waals surface area contributed by atoms with Crippen LogP contribution in [-0.2, 0) is 13.1 Å². The van der Waals surface area contributed by atoms with Crippen molar-refractivity contribution in [3.8, 4) is 11.6 Å². The van der Waals surface area contributed by atoms with Crippen molar-refractivity contribution in [2.45, 2.75) is 13.1 Å². The lowest BCUT2D eigenvalue weighted by molar-refractivity contribution is 0.450. The van der Waals surface area contributed by atoms with Gasteiger partial charge in [0.1, 0.15) is 11.6 Å². The Balaban J connectivity index is 0.00000280. The van der Waals surface area contributed by atoms with E-state index in [1.807, 2.05) is 42.5 Å². The Bertz CT molecular complexity index is 906. The lowest BCUT2D eigenvalue weighted by Gasteiger charge is -2.14. The Hall–Kier alpha value is -2.68. The van der Waals surface area contributed by atoms with Crippen LogP contribution in [0.2, 0.25) is 0 Å². The normalized spacial score (nSPS) is 10.7. The second kappa shape index (κ2) is 11.2. The monoisotopic (exact) mass is 492 g/mol. The minimum atomic E-state index is -0.353. The lowest BCUT2D eigenvalue weighted by Crippen LogP contribution is -2.36. The fourth-order valence-corrected chi connectivity index (χ4v) is 2.47. The molecule has 146 valence electrons. The molecule has 0 unspecified atom stereocenters. The van der Waals surface area contributed by atoms with Crippen LogP contribution < -0.4 is 15.4 Å². The van der Waals surface area contributed by atoms with E-state index in [-0.39, 0.29) is 29.8 Å². The molecule has 0 aliphatic heterocycles. The zero-order chi connectivity index (χ0) is 18.9. The van der Waals surface area contributed by atoms with Crippen LogP contribution >= 0.6 is 24.0 Å². The average molecular weight is 492 g/mol. The SMILES string of the molecule is CN=C(NCc1ccccc1)NCc1cccnc1Oc1cccc(F)c1.I. The van der Waals surface area contributed by atoms with E-state index in [9.17, 15) is 4.39 Å². The van der Waals surface area contributed by atoms with E-state index < -0.39 is 0 Å². The second-order valence-corrected chi connectivity index (χ2v) is 5.79. The summed E-state index contributed by atoms with van der Waals surface area (Å²) < 4.78 is 19.1. The molecule has 0 saturated carbocycles. The van der Waals surface area contributed by atoms with Gasteiger partial charge in [-0.1, -0.05) is 42.5 Å². The van der Waals surface area contributed by atoms with Gasteiger partial charge in [0.15, 0.2) is 5.96 Å². The minimum Gasteiger partial charge on any atom is -0.439 e. The molecule has 0 spiro atoms.